The lowest BCUT2D eigenvalue weighted by Gasteiger charge is -2.28. The van der Waals surface area contributed by atoms with Gasteiger partial charge in [-0.25, -0.2) is 4.79 Å². The van der Waals surface area contributed by atoms with Gasteiger partial charge in [0.15, 0.2) is 0 Å². The maximum Gasteiger partial charge on any atom is 0.326 e. The Bertz CT molecular complexity index is 398. The molecule has 0 bridgehead atoms. The SMILES string of the molecule is CCN(c1ccc(Cl)cc1I)[C@@H](C)C(=O)O. The van der Waals surface area contributed by atoms with Crippen molar-refractivity contribution in [3.63, 3.8) is 0 Å². The van der Waals surface area contributed by atoms with Gasteiger partial charge in [-0.05, 0) is 54.6 Å². The minimum absolute atomic E-state index is 0.542. The number of carboxylic acid groups (broad SMARTS) is 1. The Morgan fingerprint density at radius 3 is 2.69 bits per heavy atom. The van der Waals surface area contributed by atoms with Crippen molar-refractivity contribution >= 4 is 45.8 Å². The molecule has 0 unspecified atom stereocenters. The minimum atomic E-state index is -0.826. The van der Waals surface area contributed by atoms with Crippen molar-refractivity contribution in [1.82, 2.24) is 0 Å². The average Bonchev–Trinajstić information content (AvgIpc) is 2.21. The number of aliphatic carboxylic acids is 1. The third kappa shape index (κ3) is 3.01. The topological polar surface area (TPSA) is 40.5 Å². The smallest absolute Gasteiger partial charge is 0.326 e. The number of nitrogens with zero attached hydrogens (tertiary/aromatic N) is 1. The number of benzene rings is 1. The molecule has 5 heteroatoms. The summed E-state index contributed by atoms with van der Waals surface area (Å²) >= 11 is 8.03. The molecule has 0 radical (unpaired) electrons. The second kappa shape index (κ2) is 5.72. The van der Waals surface area contributed by atoms with E-state index < -0.39 is 12.0 Å². The molecule has 3 nitrogen and oxygen atoms in total. The predicted octanol–water partition coefficient (Wildman–Crippen LogP) is 3.24. The van der Waals surface area contributed by atoms with Crippen LogP contribution in [0.3, 0.4) is 0 Å². The van der Waals surface area contributed by atoms with Crippen LogP contribution < -0.4 is 4.90 Å². The molecule has 0 heterocycles. The number of hydrogen-bond donors (Lipinski definition) is 1. The van der Waals surface area contributed by atoms with Crippen LogP contribution in [0.5, 0.6) is 0 Å². The molecule has 1 aromatic carbocycles. The molecular weight excluding hydrogens is 340 g/mol. The van der Waals surface area contributed by atoms with Gasteiger partial charge in [0, 0.05) is 15.1 Å². The molecule has 0 saturated heterocycles. The molecule has 16 heavy (non-hydrogen) atoms. The lowest BCUT2D eigenvalue weighted by atomic mass is 10.2. The number of anilines is 1. The van der Waals surface area contributed by atoms with Gasteiger partial charge in [0.2, 0.25) is 0 Å². The number of likely N-dealkylation sites (N-methyl/N-ethyl adjacent to an activating group) is 1. The molecule has 0 aromatic heterocycles. The second-order valence-corrected chi connectivity index (χ2v) is 4.99. The van der Waals surface area contributed by atoms with E-state index >= 15 is 0 Å². The first-order valence-corrected chi connectivity index (χ1v) is 6.37. The largest absolute Gasteiger partial charge is 0.480 e. The van der Waals surface area contributed by atoms with Crippen molar-refractivity contribution in [3.05, 3.63) is 26.8 Å². The molecule has 1 atom stereocenters. The monoisotopic (exact) mass is 353 g/mol. The van der Waals surface area contributed by atoms with Crippen LogP contribution in [0.25, 0.3) is 0 Å². The Morgan fingerprint density at radius 1 is 1.62 bits per heavy atom. The van der Waals surface area contributed by atoms with Crippen molar-refractivity contribution in [2.24, 2.45) is 0 Å². The summed E-state index contributed by atoms with van der Waals surface area (Å²) in [6, 6.07) is 4.91. The van der Waals surface area contributed by atoms with Gasteiger partial charge in [0.05, 0.1) is 5.69 Å². The molecule has 0 saturated carbocycles. The quantitative estimate of drug-likeness (QED) is 0.845. The molecule has 0 spiro atoms. The average molecular weight is 354 g/mol. The van der Waals surface area contributed by atoms with Crippen molar-refractivity contribution in [3.8, 4) is 0 Å². The highest BCUT2D eigenvalue weighted by molar-refractivity contribution is 14.1. The molecule has 0 fully saturated rings. The summed E-state index contributed by atoms with van der Waals surface area (Å²) in [6.07, 6.45) is 0. The highest BCUT2D eigenvalue weighted by Gasteiger charge is 2.21. The Kier molecular flexibility index (Phi) is 4.86. The van der Waals surface area contributed by atoms with Gasteiger partial charge in [-0.2, -0.15) is 0 Å². The van der Waals surface area contributed by atoms with Crippen molar-refractivity contribution < 1.29 is 9.90 Å². The first kappa shape index (κ1) is 13.6. The minimum Gasteiger partial charge on any atom is -0.480 e. The summed E-state index contributed by atoms with van der Waals surface area (Å²) in [6.45, 7) is 4.26. The third-order valence-electron chi connectivity index (χ3n) is 2.38. The van der Waals surface area contributed by atoms with Crippen LogP contribution >= 0.6 is 34.2 Å². The van der Waals surface area contributed by atoms with E-state index in [0.717, 1.165) is 9.26 Å². The van der Waals surface area contributed by atoms with E-state index in [0.29, 0.717) is 11.6 Å². The van der Waals surface area contributed by atoms with Crippen LogP contribution in [0.4, 0.5) is 5.69 Å². The van der Waals surface area contributed by atoms with Gasteiger partial charge >= 0.3 is 5.97 Å². The standard InChI is InChI=1S/C11H13ClINO2/c1-3-14(7(2)11(15)16)10-5-4-8(12)6-9(10)13/h4-7H,3H2,1-2H3,(H,15,16)/t7-/m0/s1. The highest BCUT2D eigenvalue weighted by atomic mass is 127. The maximum absolute atomic E-state index is 11.0. The van der Waals surface area contributed by atoms with Gasteiger partial charge in [0.1, 0.15) is 6.04 Å². The van der Waals surface area contributed by atoms with E-state index in [1.54, 1.807) is 13.0 Å². The fourth-order valence-corrected chi connectivity index (χ4v) is 2.68. The molecule has 0 aliphatic heterocycles. The van der Waals surface area contributed by atoms with Gasteiger partial charge in [-0.1, -0.05) is 11.6 Å². The molecular formula is C11H13ClINO2. The Morgan fingerprint density at radius 2 is 2.25 bits per heavy atom. The van der Waals surface area contributed by atoms with E-state index in [4.69, 9.17) is 16.7 Å². The predicted molar refractivity (Wildman–Crippen MR) is 74.3 cm³/mol. The molecule has 1 rings (SSSR count). The molecule has 1 N–H and O–H groups in total. The number of halogens is 2. The lowest BCUT2D eigenvalue weighted by Crippen LogP contribution is -2.39. The number of rotatable bonds is 4. The lowest BCUT2D eigenvalue weighted by molar-refractivity contribution is -0.138. The van der Waals surface area contributed by atoms with Crippen LogP contribution in [-0.4, -0.2) is 23.7 Å². The number of carbonyl (C=O) groups is 1. The fourth-order valence-electron chi connectivity index (χ4n) is 1.50. The third-order valence-corrected chi connectivity index (χ3v) is 3.48. The van der Waals surface area contributed by atoms with Gasteiger partial charge in [-0.15, -0.1) is 0 Å². The van der Waals surface area contributed by atoms with Gasteiger partial charge < -0.3 is 10.0 Å². The van der Waals surface area contributed by atoms with Crippen LogP contribution in [0, 0.1) is 3.57 Å². The summed E-state index contributed by atoms with van der Waals surface area (Å²) in [4.78, 5) is 12.8. The van der Waals surface area contributed by atoms with E-state index in [1.807, 2.05) is 24.0 Å². The zero-order valence-electron chi connectivity index (χ0n) is 9.08. The van der Waals surface area contributed by atoms with E-state index in [9.17, 15) is 4.79 Å². The Labute approximate surface area is 114 Å². The maximum atomic E-state index is 11.0. The van der Waals surface area contributed by atoms with Crippen molar-refractivity contribution in [2.45, 2.75) is 19.9 Å². The Balaban J connectivity index is 3.08. The first-order valence-electron chi connectivity index (χ1n) is 4.91. The van der Waals surface area contributed by atoms with Crippen LogP contribution in [0.2, 0.25) is 5.02 Å². The van der Waals surface area contributed by atoms with Crippen molar-refractivity contribution in [2.75, 3.05) is 11.4 Å². The summed E-state index contributed by atoms with van der Waals surface area (Å²) in [5, 5.41) is 9.68. The summed E-state index contributed by atoms with van der Waals surface area (Å²) in [5.74, 6) is -0.826. The summed E-state index contributed by atoms with van der Waals surface area (Å²) < 4.78 is 0.958. The summed E-state index contributed by atoms with van der Waals surface area (Å²) in [7, 11) is 0. The summed E-state index contributed by atoms with van der Waals surface area (Å²) in [5.41, 5.74) is 0.905. The first-order chi connectivity index (χ1) is 7.47. The van der Waals surface area contributed by atoms with Crippen molar-refractivity contribution in [1.29, 1.82) is 0 Å². The molecule has 88 valence electrons. The fraction of sp³-hybridized carbons (Fsp3) is 0.364. The van der Waals surface area contributed by atoms with Crippen LogP contribution in [0.1, 0.15) is 13.8 Å². The molecule has 1 aromatic rings. The number of hydrogen-bond acceptors (Lipinski definition) is 2. The van der Waals surface area contributed by atoms with E-state index in [1.165, 1.54) is 0 Å². The van der Waals surface area contributed by atoms with Crippen LogP contribution in [-0.2, 0) is 4.79 Å². The Hall–Kier alpha value is -0.490. The second-order valence-electron chi connectivity index (χ2n) is 3.40. The van der Waals surface area contributed by atoms with Crippen LogP contribution in [0.15, 0.2) is 18.2 Å². The van der Waals surface area contributed by atoms with E-state index in [2.05, 4.69) is 22.6 Å². The molecule has 0 amide bonds. The van der Waals surface area contributed by atoms with Gasteiger partial charge in [0.25, 0.3) is 0 Å². The zero-order valence-corrected chi connectivity index (χ0v) is 12.0. The molecule has 0 aliphatic rings. The zero-order chi connectivity index (χ0) is 12.3. The molecule has 0 aliphatic carbocycles. The normalized spacial score (nSPS) is 12.2. The van der Waals surface area contributed by atoms with Gasteiger partial charge in [-0.3, -0.25) is 0 Å². The van der Waals surface area contributed by atoms with E-state index in [-0.39, 0.29) is 0 Å². The highest BCUT2D eigenvalue weighted by Crippen LogP contribution is 2.27. The number of carboxylic acids is 1.